The maximum Gasteiger partial charge on any atom is 0.340 e. The summed E-state index contributed by atoms with van der Waals surface area (Å²) < 4.78 is 18.5. The molecule has 0 radical (unpaired) electrons. The van der Waals surface area contributed by atoms with Crippen molar-refractivity contribution in [1.82, 2.24) is 0 Å². The summed E-state index contributed by atoms with van der Waals surface area (Å²) in [6, 6.07) is 9.24. The zero-order valence-corrected chi connectivity index (χ0v) is 12.8. The van der Waals surface area contributed by atoms with Crippen molar-refractivity contribution in [3.05, 3.63) is 51.3 Å². The summed E-state index contributed by atoms with van der Waals surface area (Å²) in [5, 5.41) is 3.08. The van der Waals surface area contributed by atoms with Gasteiger partial charge in [0.25, 0.3) is 0 Å². The number of rotatable bonds is 3. The molecule has 0 saturated heterocycles. The van der Waals surface area contributed by atoms with Crippen molar-refractivity contribution in [2.75, 3.05) is 18.2 Å². The summed E-state index contributed by atoms with van der Waals surface area (Å²) in [4.78, 5) is 11.7. The Bertz CT molecular complexity index is 662. The molecule has 0 aliphatic carbocycles. The molecule has 0 aliphatic heterocycles. The number of hydrogen-bond acceptors (Lipinski definition) is 4. The summed E-state index contributed by atoms with van der Waals surface area (Å²) in [5.41, 5.74) is 7.71. The first-order valence-electron chi connectivity index (χ1n) is 5.71. The lowest BCUT2D eigenvalue weighted by Gasteiger charge is -2.13. The summed E-state index contributed by atoms with van der Waals surface area (Å²) in [7, 11) is 1.30. The molecule has 2 rings (SSSR count). The molecule has 2 aromatic rings. The van der Waals surface area contributed by atoms with Crippen LogP contribution in [0, 0.1) is 9.39 Å². The van der Waals surface area contributed by atoms with Gasteiger partial charge in [-0.1, -0.05) is 0 Å². The van der Waals surface area contributed by atoms with E-state index in [1.54, 1.807) is 18.2 Å². The first-order valence-corrected chi connectivity index (χ1v) is 6.79. The van der Waals surface area contributed by atoms with E-state index in [0.29, 0.717) is 26.2 Å². The van der Waals surface area contributed by atoms with Crippen molar-refractivity contribution in [3.63, 3.8) is 0 Å². The highest BCUT2D eigenvalue weighted by Gasteiger charge is 2.13. The third kappa shape index (κ3) is 3.19. The van der Waals surface area contributed by atoms with Crippen LogP contribution in [0.3, 0.4) is 0 Å². The number of hydrogen-bond donors (Lipinski definition) is 2. The van der Waals surface area contributed by atoms with Gasteiger partial charge in [-0.3, -0.25) is 0 Å². The van der Waals surface area contributed by atoms with Gasteiger partial charge in [0, 0.05) is 9.26 Å². The highest BCUT2D eigenvalue weighted by atomic mass is 127. The second-order valence-electron chi connectivity index (χ2n) is 4.05. The van der Waals surface area contributed by atoms with Crippen LogP contribution in [0.1, 0.15) is 10.4 Å². The Morgan fingerprint density at radius 3 is 2.60 bits per heavy atom. The molecular formula is C14H12FIN2O2. The molecule has 20 heavy (non-hydrogen) atoms. The number of nitrogen functional groups attached to an aromatic ring is 1. The average molecular weight is 386 g/mol. The maximum absolute atomic E-state index is 13.1. The molecule has 104 valence electrons. The van der Waals surface area contributed by atoms with Crippen molar-refractivity contribution in [1.29, 1.82) is 0 Å². The van der Waals surface area contributed by atoms with Crippen LogP contribution < -0.4 is 11.1 Å². The Morgan fingerprint density at radius 1 is 1.25 bits per heavy atom. The average Bonchev–Trinajstić information content (AvgIpc) is 2.42. The van der Waals surface area contributed by atoms with E-state index < -0.39 is 5.97 Å². The maximum atomic E-state index is 13.1. The van der Waals surface area contributed by atoms with Crippen molar-refractivity contribution in [3.8, 4) is 0 Å². The third-order valence-corrected chi connectivity index (χ3v) is 3.54. The van der Waals surface area contributed by atoms with Crippen LogP contribution >= 0.6 is 22.6 Å². The highest BCUT2D eigenvalue weighted by molar-refractivity contribution is 14.1. The second kappa shape index (κ2) is 6.08. The van der Waals surface area contributed by atoms with E-state index in [1.807, 2.05) is 22.6 Å². The third-order valence-electron chi connectivity index (χ3n) is 2.65. The van der Waals surface area contributed by atoms with E-state index in [0.717, 1.165) is 0 Å². The zero-order valence-electron chi connectivity index (χ0n) is 10.6. The summed E-state index contributed by atoms with van der Waals surface area (Å²) >= 11 is 2.01. The zero-order chi connectivity index (χ0) is 14.7. The van der Waals surface area contributed by atoms with Gasteiger partial charge in [-0.25, -0.2) is 9.18 Å². The minimum absolute atomic E-state index is 0.314. The fourth-order valence-electron chi connectivity index (χ4n) is 1.69. The number of anilines is 3. The standard InChI is InChI=1S/C14H12FIN2O2/c1-20-14(19)10-7-9(17)3-5-12(10)18-13-4-2-8(15)6-11(13)16/h2-7,18H,17H2,1H3. The Kier molecular flexibility index (Phi) is 4.43. The lowest BCUT2D eigenvalue weighted by Crippen LogP contribution is -2.07. The molecule has 0 bridgehead atoms. The van der Waals surface area contributed by atoms with Crippen LogP contribution in [0.25, 0.3) is 0 Å². The van der Waals surface area contributed by atoms with Gasteiger partial charge >= 0.3 is 5.97 Å². The molecule has 0 atom stereocenters. The smallest absolute Gasteiger partial charge is 0.340 e. The monoisotopic (exact) mass is 386 g/mol. The Balaban J connectivity index is 2.40. The van der Waals surface area contributed by atoms with E-state index in [1.165, 1.54) is 25.3 Å². The van der Waals surface area contributed by atoms with Crippen molar-refractivity contribution in [2.45, 2.75) is 0 Å². The van der Waals surface area contributed by atoms with Crippen LogP contribution in [-0.2, 0) is 4.74 Å². The van der Waals surface area contributed by atoms with Crippen molar-refractivity contribution >= 4 is 45.6 Å². The number of carbonyl (C=O) groups excluding carboxylic acids is 1. The lowest BCUT2D eigenvalue weighted by molar-refractivity contribution is 0.0602. The first-order chi connectivity index (χ1) is 9.51. The normalized spacial score (nSPS) is 10.2. The molecule has 3 N–H and O–H groups in total. The van der Waals surface area contributed by atoms with Crippen LogP contribution in [0.4, 0.5) is 21.5 Å². The highest BCUT2D eigenvalue weighted by Crippen LogP contribution is 2.27. The van der Waals surface area contributed by atoms with E-state index in [-0.39, 0.29) is 5.82 Å². The summed E-state index contributed by atoms with van der Waals surface area (Å²) in [6.45, 7) is 0. The summed E-state index contributed by atoms with van der Waals surface area (Å²) in [5.74, 6) is -0.803. The van der Waals surface area contributed by atoms with Gasteiger partial charge in [-0.05, 0) is 59.0 Å². The molecule has 0 aromatic heterocycles. The van der Waals surface area contributed by atoms with Gasteiger partial charge in [-0.15, -0.1) is 0 Å². The van der Waals surface area contributed by atoms with Gasteiger partial charge in [-0.2, -0.15) is 0 Å². The van der Waals surface area contributed by atoms with E-state index >= 15 is 0 Å². The van der Waals surface area contributed by atoms with Gasteiger partial charge in [0.15, 0.2) is 0 Å². The summed E-state index contributed by atoms with van der Waals surface area (Å²) in [6.07, 6.45) is 0. The van der Waals surface area contributed by atoms with E-state index in [2.05, 4.69) is 5.32 Å². The number of esters is 1. The van der Waals surface area contributed by atoms with Crippen molar-refractivity contribution < 1.29 is 13.9 Å². The van der Waals surface area contributed by atoms with Crippen LogP contribution in [-0.4, -0.2) is 13.1 Å². The lowest BCUT2D eigenvalue weighted by atomic mass is 10.1. The van der Waals surface area contributed by atoms with E-state index in [9.17, 15) is 9.18 Å². The number of methoxy groups -OCH3 is 1. The van der Waals surface area contributed by atoms with Crippen LogP contribution in [0.15, 0.2) is 36.4 Å². The predicted molar refractivity (Wildman–Crippen MR) is 84.6 cm³/mol. The molecule has 4 nitrogen and oxygen atoms in total. The number of carbonyl (C=O) groups is 1. The molecular weight excluding hydrogens is 374 g/mol. The van der Waals surface area contributed by atoms with Crippen LogP contribution in [0.5, 0.6) is 0 Å². The largest absolute Gasteiger partial charge is 0.465 e. The molecule has 0 saturated carbocycles. The Labute approximate surface area is 129 Å². The molecule has 6 heteroatoms. The number of halogens is 2. The number of benzene rings is 2. The fourth-order valence-corrected chi connectivity index (χ4v) is 2.30. The van der Waals surface area contributed by atoms with E-state index in [4.69, 9.17) is 10.5 Å². The molecule has 0 aliphatic rings. The SMILES string of the molecule is COC(=O)c1cc(N)ccc1Nc1ccc(F)cc1I. The quantitative estimate of drug-likeness (QED) is 0.481. The number of nitrogens with one attached hydrogen (secondary N) is 1. The minimum Gasteiger partial charge on any atom is -0.465 e. The molecule has 0 unspecified atom stereocenters. The molecule has 2 aromatic carbocycles. The minimum atomic E-state index is -0.489. The molecule has 0 spiro atoms. The number of nitrogens with two attached hydrogens (primary N) is 1. The predicted octanol–water partition coefficient (Wildman–Crippen LogP) is 3.54. The molecule has 0 heterocycles. The number of ether oxygens (including phenoxy) is 1. The molecule has 0 amide bonds. The van der Waals surface area contributed by atoms with Gasteiger partial charge in [0.2, 0.25) is 0 Å². The topological polar surface area (TPSA) is 64.3 Å². The van der Waals surface area contributed by atoms with Gasteiger partial charge in [0.1, 0.15) is 5.82 Å². The molecule has 0 fully saturated rings. The van der Waals surface area contributed by atoms with Gasteiger partial charge < -0.3 is 15.8 Å². The second-order valence-corrected chi connectivity index (χ2v) is 5.21. The first kappa shape index (κ1) is 14.6. The van der Waals surface area contributed by atoms with Gasteiger partial charge in [0.05, 0.1) is 24.0 Å². The Hall–Kier alpha value is -1.83. The van der Waals surface area contributed by atoms with Crippen molar-refractivity contribution in [2.24, 2.45) is 0 Å². The van der Waals surface area contributed by atoms with Crippen LogP contribution in [0.2, 0.25) is 0 Å². The Morgan fingerprint density at radius 2 is 1.95 bits per heavy atom. The fraction of sp³-hybridized carbons (Fsp3) is 0.0714.